The zero-order valence-corrected chi connectivity index (χ0v) is 20.7. The number of nitrogens with zero attached hydrogens (tertiary/aromatic N) is 1. The van der Waals surface area contributed by atoms with Crippen molar-refractivity contribution in [2.24, 2.45) is 5.92 Å². The molecule has 1 atom stereocenters. The van der Waals surface area contributed by atoms with E-state index in [9.17, 15) is 9.59 Å². The van der Waals surface area contributed by atoms with Crippen LogP contribution in [0.3, 0.4) is 0 Å². The molecule has 1 heterocycles. The molecule has 2 aromatic rings. The van der Waals surface area contributed by atoms with Gasteiger partial charge in [0.2, 0.25) is 5.91 Å². The van der Waals surface area contributed by atoms with E-state index in [2.05, 4.69) is 4.90 Å². The minimum absolute atomic E-state index is 0.0309. The van der Waals surface area contributed by atoms with E-state index < -0.39 is 5.60 Å². The topological polar surface area (TPSA) is 46.6 Å². The van der Waals surface area contributed by atoms with Gasteiger partial charge in [-0.05, 0) is 81.3 Å². The van der Waals surface area contributed by atoms with E-state index in [0.29, 0.717) is 29.0 Å². The number of ether oxygens (including phenoxy) is 1. The van der Waals surface area contributed by atoms with Crippen molar-refractivity contribution in [3.05, 3.63) is 58.6 Å². The zero-order chi connectivity index (χ0) is 23.6. The lowest BCUT2D eigenvalue weighted by molar-refractivity contribution is -0.133. The van der Waals surface area contributed by atoms with Gasteiger partial charge >= 0.3 is 5.97 Å². The van der Waals surface area contributed by atoms with E-state index >= 15 is 0 Å². The van der Waals surface area contributed by atoms with Gasteiger partial charge in [-0.15, -0.1) is 0 Å². The van der Waals surface area contributed by atoms with Crippen LogP contribution in [0.1, 0.15) is 75.2 Å². The lowest BCUT2D eigenvalue weighted by atomic mass is 9.93. The smallest absolute Gasteiger partial charge is 0.338 e. The van der Waals surface area contributed by atoms with Gasteiger partial charge in [-0.3, -0.25) is 4.79 Å². The number of benzene rings is 2. The summed E-state index contributed by atoms with van der Waals surface area (Å²) >= 11 is 6.65. The Morgan fingerprint density at radius 3 is 2.30 bits per heavy atom. The summed E-state index contributed by atoms with van der Waals surface area (Å²) in [6.45, 7) is 6.45. The molecule has 0 bridgehead atoms. The number of carbonyl (C=O) groups is 2. The maximum atomic E-state index is 13.0. The van der Waals surface area contributed by atoms with Gasteiger partial charge in [-0.1, -0.05) is 55.1 Å². The lowest BCUT2D eigenvalue weighted by Crippen LogP contribution is -2.39. The largest absolute Gasteiger partial charge is 0.456 e. The first kappa shape index (κ1) is 23.8. The predicted octanol–water partition coefficient (Wildman–Crippen LogP) is 6.69. The maximum Gasteiger partial charge on any atom is 0.338 e. The Morgan fingerprint density at radius 2 is 1.67 bits per heavy atom. The van der Waals surface area contributed by atoms with E-state index in [1.165, 1.54) is 19.3 Å². The van der Waals surface area contributed by atoms with E-state index in [4.69, 9.17) is 16.3 Å². The highest BCUT2D eigenvalue weighted by Gasteiger charge is 2.36. The number of carbonyl (C=O) groups excluding carboxylic acids is 2. The molecule has 1 aliphatic carbocycles. The van der Waals surface area contributed by atoms with Crippen LogP contribution >= 0.6 is 11.6 Å². The second-order valence-electron chi connectivity index (χ2n) is 10.4. The van der Waals surface area contributed by atoms with Gasteiger partial charge < -0.3 is 9.64 Å². The molecule has 33 heavy (non-hydrogen) atoms. The van der Waals surface area contributed by atoms with Crippen molar-refractivity contribution in [1.82, 2.24) is 4.90 Å². The van der Waals surface area contributed by atoms with E-state index in [-0.39, 0.29) is 11.9 Å². The Hall–Kier alpha value is -2.33. The molecule has 176 valence electrons. The Balaban J connectivity index is 1.41. The molecule has 2 fully saturated rings. The third-order valence-corrected chi connectivity index (χ3v) is 7.09. The van der Waals surface area contributed by atoms with Crippen molar-refractivity contribution in [1.29, 1.82) is 0 Å². The van der Waals surface area contributed by atoms with Crippen molar-refractivity contribution in [2.75, 3.05) is 6.54 Å². The minimum atomic E-state index is -0.521. The van der Waals surface area contributed by atoms with Gasteiger partial charge in [0.15, 0.2) is 0 Å². The summed E-state index contributed by atoms with van der Waals surface area (Å²) in [5.41, 5.74) is 3.00. The molecule has 1 unspecified atom stereocenters. The average Bonchev–Trinajstić information content (AvgIpc) is 3.15. The first-order valence-corrected chi connectivity index (χ1v) is 12.5. The first-order valence-electron chi connectivity index (χ1n) is 12.1. The van der Waals surface area contributed by atoms with Crippen molar-refractivity contribution in [3.8, 4) is 11.1 Å². The van der Waals surface area contributed by atoms with Crippen LogP contribution in [0, 0.1) is 5.92 Å². The zero-order valence-electron chi connectivity index (χ0n) is 19.9. The summed E-state index contributed by atoms with van der Waals surface area (Å²) in [7, 11) is 0. The van der Waals surface area contributed by atoms with Crippen molar-refractivity contribution < 1.29 is 14.3 Å². The van der Waals surface area contributed by atoms with Gasteiger partial charge in [0, 0.05) is 23.5 Å². The molecule has 1 saturated carbocycles. The fourth-order valence-corrected chi connectivity index (χ4v) is 5.26. The van der Waals surface area contributed by atoms with Crippen molar-refractivity contribution >= 4 is 23.5 Å². The number of halogens is 1. The molecule has 0 spiro atoms. The second kappa shape index (κ2) is 9.89. The van der Waals surface area contributed by atoms with Crippen LogP contribution in [-0.4, -0.2) is 35.0 Å². The summed E-state index contributed by atoms with van der Waals surface area (Å²) in [4.78, 5) is 27.4. The number of hydrogen-bond acceptors (Lipinski definition) is 3. The lowest BCUT2D eigenvalue weighted by Gasteiger charge is -2.31. The number of esters is 1. The molecule has 1 aliphatic heterocycles. The van der Waals surface area contributed by atoms with Crippen LogP contribution in [0.15, 0.2) is 42.5 Å². The van der Waals surface area contributed by atoms with E-state index in [1.807, 2.05) is 51.1 Å². The fraction of sp³-hybridized carbons (Fsp3) is 0.500. The van der Waals surface area contributed by atoms with Gasteiger partial charge in [0.25, 0.3) is 0 Å². The van der Waals surface area contributed by atoms with Gasteiger partial charge in [-0.2, -0.15) is 0 Å². The van der Waals surface area contributed by atoms with Crippen LogP contribution in [0.25, 0.3) is 11.1 Å². The number of rotatable bonds is 5. The van der Waals surface area contributed by atoms with E-state index in [0.717, 1.165) is 42.5 Å². The quantitative estimate of drug-likeness (QED) is 0.460. The van der Waals surface area contributed by atoms with Crippen LogP contribution in [0.5, 0.6) is 0 Å². The molecule has 4 rings (SSSR count). The van der Waals surface area contributed by atoms with Gasteiger partial charge in [0.05, 0.1) is 5.56 Å². The molecule has 0 radical (unpaired) electrons. The van der Waals surface area contributed by atoms with E-state index in [1.54, 1.807) is 12.1 Å². The molecular weight excluding hydrogens is 434 g/mol. The SMILES string of the molecule is CC(C)(C)OC(=O)c1ccc(-c2ccc(CC3CCN(C4CCCCC4)C3=O)c(Cl)c2)cc1. The first-order chi connectivity index (χ1) is 15.7. The summed E-state index contributed by atoms with van der Waals surface area (Å²) in [5, 5.41) is 0.688. The highest BCUT2D eigenvalue weighted by atomic mass is 35.5. The maximum absolute atomic E-state index is 13.0. The molecule has 1 amide bonds. The molecule has 1 saturated heterocycles. The molecule has 4 nitrogen and oxygen atoms in total. The third-order valence-electron chi connectivity index (χ3n) is 6.74. The van der Waals surface area contributed by atoms with Crippen LogP contribution in [0.4, 0.5) is 0 Å². The Bertz CT molecular complexity index is 1000. The summed E-state index contributed by atoms with van der Waals surface area (Å²) < 4.78 is 5.43. The van der Waals surface area contributed by atoms with Gasteiger partial charge in [-0.25, -0.2) is 4.79 Å². The molecule has 0 aromatic heterocycles. The molecule has 0 N–H and O–H groups in total. The van der Waals surface area contributed by atoms with Crippen molar-refractivity contribution in [2.45, 2.75) is 77.4 Å². The van der Waals surface area contributed by atoms with Crippen LogP contribution in [-0.2, 0) is 16.0 Å². The average molecular weight is 468 g/mol. The molecule has 2 aliphatic rings. The third kappa shape index (κ3) is 5.78. The fourth-order valence-electron chi connectivity index (χ4n) is 5.00. The van der Waals surface area contributed by atoms with Crippen molar-refractivity contribution in [3.63, 3.8) is 0 Å². The highest BCUT2D eigenvalue weighted by molar-refractivity contribution is 6.31. The second-order valence-corrected chi connectivity index (χ2v) is 10.8. The highest BCUT2D eigenvalue weighted by Crippen LogP contribution is 2.33. The Morgan fingerprint density at radius 1 is 1.00 bits per heavy atom. The Labute approximate surface area is 202 Å². The summed E-state index contributed by atoms with van der Waals surface area (Å²) in [6.07, 6.45) is 7.70. The molecule has 2 aromatic carbocycles. The number of likely N-dealkylation sites (tertiary alicyclic amines) is 1. The molecule has 5 heteroatoms. The minimum Gasteiger partial charge on any atom is -0.456 e. The molecular formula is C28H34ClNO3. The number of amides is 1. The summed E-state index contributed by atoms with van der Waals surface area (Å²) in [6, 6.07) is 13.9. The standard InChI is InChI=1S/C28H34ClNO3/c1-28(2,3)33-27(32)20-11-9-19(10-12-20)21-13-14-22(25(29)18-21)17-23-15-16-30(26(23)31)24-7-5-4-6-8-24/h9-14,18,23-24H,4-8,15-17H2,1-3H3. The monoisotopic (exact) mass is 467 g/mol. The normalized spacial score (nSPS) is 19.7. The Kier molecular flexibility index (Phi) is 7.13. The van der Waals surface area contributed by atoms with Crippen LogP contribution in [0.2, 0.25) is 5.02 Å². The number of hydrogen-bond donors (Lipinski definition) is 0. The summed E-state index contributed by atoms with van der Waals surface area (Å²) in [5.74, 6) is 0.00842. The van der Waals surface area contributed by atoms with Gasteiger partial charge in [0.1, 0.15) is 5.60 Å². The van der Waals surface area contributed by atoms with Crippen LogP contribution < -0.4 is 0 Å². The predicted molar refractivity (Wildman–Crippen MR) is 132 cm³/mol.